The van der Waals surface area contributed by atoms with Gasteiger partial charge in [0.05, 0.1) is 16.9 Å². The third kappa shape index (κ3) is 5.02. The summed E-state index contributed by atoms with van der Waals surface area (Å²) in [4.78, 5) is 17.9. The van der Waals surface area contributed by atoms with Crippen molar-refractivity contribution in [2.24, 2.45) is 5.92 Å². The number of rotatable bonds is 7. The van der Waals surface area contributed by atoms with Gasteiger partial charge in [0.1, 0.15) is 5.75 Å². The second-order valence-corrected chi connectivity index (χ2v) is 9.07. The van der Waals surface area contributed by atoms with Crippen molar-refractivity contribution < 1.29 is 19.0 Å². The smallest absolute Gasteiger partial charge is 0.231 e. The van der Waals surface area contributed by atoms with E-state index < -0.39 is 0 Å². The Morgan fingerprint density at radius 1 is 0.968 bits per heavy atom. The van der Waals surface area contributed by atoms with Gasteiger partial charge in [0.15, 0.2) is 16.6 Å². The van der Waals surface area contributed by atoms with Gasteiger partial charge in [-0.1, -0.05) is 55.9 Å². The van der Waals surface area contributed by atoms with E-state index in [0.29, 0.717) is 11.6 Å². The third-order valence-electron chi connectivity index (χ3n) is 5.10. The van der Waals surface area contributed by atoms with E-state index in [1.807, 2.05) is 73.7 Å². The predicted molar refractivity (Wildman–Crippen MR) is 122 cm³/mol. The SMILES string of the molecule is CC(C)C(C(=O)S[C@@H](C)c1cccc(Oc2ccccc2)n1)c1ccc2c(c1)OCO2. The zero-order valence-electron chi connectivity index (χ0n) is 17.8. The van der Waals surface area contributed by atoms with Crippen LogP contribution in [-0.4, -0.2) is 16.9 Å². The van der Waals surface area contributed by atoms with E-state index in [2.05, 4.69) is 18.8 Å². The fraction of sp³-hybridized carbons (Fsp3) is 0.280. The zero-order valence-corrected chi connectivity index (χ0v) is 18.6. The number of ether oxygens (including phenoxy) is 3. The lowest BCUT2D eigenvalue weighted by Crippen LogP contribution is -2.16. The second kappa shape index (κ2) is 9.43. The maximum Gasteiger partial charge on any atom is 0.231 e. The number of para-hydroxylation sites is 1. The average Bonchev–Trinajstić information content (AvgIpc) is 3.22. The minimum atomic E-state index is -0.245. The van der Waals surface area contributed by atoms with Crippen LogP contribution in [0, 0.1) is 5.92 Å². The van der Waals surface area contributed by atoms with Crippen molar-refractivity contribution in [1.29, 1.82) is 0 Å². The van der Waals surface area contributed by atoms with Gasteiger partial charge < -0.3 is 14.2 Å². The number of carbonyl (C=O) groups is 1. The van der Waals surface area contributed by atoms with Crippen LogP contribution < -0.4 is 14.2 Å². The highest BCUT2D eigenvalue weighted by Gasteiger charge is 2.28. The molecule has 0 aliphatic carbocycles. The van der Waals surface area contributed by atoms with Crippen LogP contribution in [0.25, 0.3) is 0 Å². The Morgan fingerprint density at radius 2 is 1.74 bits per heavy atom. The van der Waals surface area contributed by atoms with Gasteiger partial charge >= 0.3 is 0 Å². The summed E-state index contributed by atoms with van der Waals surface area (Å²) in [5, 5.41) is -0.000343. The van der Waals surface area contributed by atoms with Gasteiger partial charge in [-0.2, -0.15) is 0 Å². The lowest BCUT2D eigenvalue weighted by molar-refractivity contribution is -0.113. The van der Waals surface area contributed by atoms with Gasteiger partial charge in [-0.15, -0.1) is 0 Å². The normalized spacial score (nSPS) is 14.3. The van der Waals surface area contributed by atoms with Crippen LogP contribution in [-0.2, 0) is 4.79 Å². The van der Waals surface area contributed by atoms with Crippen molar-refractivity contribution >= 4 is 16.9 Å². The van der Waals surface area contributed by atoms with E-state index in [0.717, 1.165) is 22.8 Å². The molecule has 0 saturated heterocycles. The molecular formula is C25H25NO4S. The summed E-state index contributed by atoms with van der Waals surface area (Å²) in [6.45, 7) is 6.34. The fourth-order valence-electron chi connectivity index (χ4n) is 3.53. The van der Waals surface area contributed by atoms with Crippen LogP contribution in [0.2, 0.25) is 0 Å². The number of hydrogen-bond donors (Lipinski definition) is 0. The summed E-state index contributed by atoms with van der Waals surface area (Å²) in [6, 6.07) is 20.9. The molecule has 3 aromatic rings. The number of fused-ring (bicyclic) bond motifs is 1. The first-order chi connectivity index (χ1) is 15.0. The first-order valence-electron chi connectivity index (χ1n) is 10.3. The molecule has 2 aromatic carbocycles. The molecule has 4 rings (SSSR count). The van der Waals surface area contributed by atoms with Crippen molar-refractivity contribution in [1.82, 2.24) is 4.98 Å². The van der Waals surface area contributed by atoms with Crippen molar-refractivity contribution in [2.75, 3.05) is 6.79 Å². The number of aromatic nitrogens is 1. The van der Waals surface area contributed by atoms with Crippen molar-refractivity contribution in [2.45, 2.75) is 31.9 Å². The molecule has 1 aliphatic heterocycles. The molecule has 0 N–H and O–H groups in total. The lowest BCUT2D eigenvalue weighted by atomic mass is 9.89. The molecule has 1 aromatic heterocycles. The predicted octanol–water partition coefficient (Wildman–Crippen LogP) is 6.36. The average molecular weight is 436 g/mol. The van der Waals surface area contributed by atoms with Crippen LogP contribution in [0.5, 0.6) is 23.1 Å². The van der Waals surface area contributed by atoms with E-state index in [9.17, 15) is 4.79 Å². The Morgan fingerprint density at radius 3 is 2.52 bits per heavy atom. The minimum Gasteiger partial charge on any atom is -0.454 e. The Kier molecular flexibility index (Phi) is 6.47. The molecule has 0 radical (unpaired) electrons. The molecule has 5 nitrogen and oxygen atoms in total. The number of thioether (sulfide) groups is 1. The lowest BCUT2D eigenvalue weighted by Gasteiger charge is -2.21. The number of pyridine rings is 1. The molecule has 2 heterocycles. The van der Waals surface area contributed by atoms with Crippen molar-refractivity contribution in [3.05, 3.63) is 78.0 Å². The highest BCUT2D eigenvalue weighted by Crippen LogP contribution is 2.40. The summed E-state index contributed by atoms with van der Waals surface area (Å²) in [5.41, 5.74) is 1.75. The highest BCUT2D eigenvalue weighted by molar-refractivity contribution is 8.13. The Hall–Kier alpha value is -2.99. The molecule has 160 valence electrons. The van der Waals surface area contributed by atoms with Gasteiger partial charge in [-0.25, -0.2) is 4.98 Å². The first-order valence-corrected chi connectivity index (χ1v) is 11.2. The molecule has 6 heteroatoms. The number of benzene rings is 2. The van der Waals surface area contributed by atoms with Crippen LogP contribution >= 0.6 is 11.8 Å². The number of nitrogens with zero attached hydrogens (tertiary/aromatic N) is 1. The van der Waals surface area contributed by atoms with Gasteiger partial charge in [0.2, 0.25) is 12.7 Å². The van der Waals surface area contributed by atoms with Gasteiger partial charge in [-0.05, 0) is 48.7 Å². The molecule has 0 bridgehead atoms. The zero-order chi connectivity index (χ0) is 21.8. The van der Waals surface area contributed by atoms with Crippen LogP contribution in [0.4, 0.5) is 0 Å². The quantitative estimate of drug-likeness (QED) is 0.430. The maximum absolute atomic E-state index is 13.3. The van der Waals surface area contributed by atoms with E-state index in [-0.39, 0.29) is 29.0 Å². The summed E-state index contributed by atoms with van der Waals surface area (Å²) >= 11 is 1.30. The highest BCUT2D eigenvalue weighted by atomic mass is 32.2. The summed E-state index contributed by atoms with van der Waals surface area (Å²) in [7, 11) is 0. The number of hydrogen-bond acceptors (Lipinski definition) is 6. The third-order valence-corrected chi connectivity index (χ3v) is 6.18. The maximum atomic E-state index is 13.3. The van der Waals surface area contributed by atoms with E-state index in [4.69, 9.17) is 14.2 Å². The Labute approximate surface area is 186 Å². The molecule has 0 saturated carbocycles. The largest absolute Gasteiger partial charge is 0.454 e. The first kappa shape index (κ1) is 21.2. The number of carbonyl (C=O) groups excluding carboxylic acids is 1. The molecule has 0 fully saturated rings. The molecule has 31 heavy (non-hydrogen) atoms. The van der Waals surface area contributed by atoms with Crippen LogP contribution in [0.15, 0.2) is 66.7 Å². The summed E-state index contributed by atoms with van der Waals surface area (Å²) < 4.78 is 16.7. The monoisotopic (exact) mass is 435 g/mol. The molecule has 1 aliphatic rings. The Balaban J connectivity index is 1.48. The van der Waals surface area contributed by atoms with Gasteiger partial charge in [0, 0.05) is 6.07 Å². The molecule has 2 atom stereocenters. The molecule has 1 unspecified atom stereocenters. The van der Waals surface area contributed by atoms with Crippen LogP contribution in [0.3, 0.4) is 0 Å². The molecule has 0 spiro atoms. The topological polar surface area (TPSA) is 57.7 Å². The molecule has 0 amide bonds. The van der Waals surface area contributed by atoms with Crippen LogP contribution in [0.1, 0.15) is 43.2 Å². The fourth-order valence-corrected chi connectivity index (χ4v) is 4.69. The molecular weight excluding hydrogens is 410 g/mol. The van der Waals surface area contributed by atoms with Gasteiger partial charge in [0.25, 0.3) is 0 Å². The minimum absolute atomic E-state index is 0.109. The van der Waals surface area contributed by atoms with Gasteiger partial charge in [-0.3, -0.25) is 4.79 Å². The standard InChI is InChI=1S/C25H25NO4S/c1-16(2)24(18-12-13-21-22(14-18)29-15-28-21)25(27)31-17(3)20-10-7-11-23(26-20)30-19-8-5-4-6-9-19/h4-14,16-17,24H,15H2,1-3H3/t17-,24?/m0/s1. The van der Waals surface area contributed by atoms with Crippen molar-refractivity contribution in [3.63, 3.8) is 0 Å². The van der Waals surface area contributed by atoms with E-state index in [1.165, 1.54) is 11.8 Å². The summed E-state index contributed by atoms with van der Waals surface area (Å²) in [6.07, 6.45) is 0. The van der Waals surface area contributed by atoms with E-state index in [1.54, 1.807) is 0 Å². The summed E-state index contributed by atoms with van der Waals surface area (Å²) in [5.74, 6) is 2.56. The second-order valence-electron chi connectivity index (χ2n) is 7.73. The van der Waals surface area contributed by atoms with E-state index >= 15 is 0 Å². The Bertz CT molecular complexity index is 1050. The van der Waals surface area contributed by atoms with Crippen molar-refractivity contribution in [3.8, 4) is 23.1 Å².